The smallest absolute Gasteiger partial charge is 0.235 e. The lowest BCUT2D eigenvalue weighted by atomic mass is 10.1. The standard InChI is InChI=1S/C17H17N3O4S/c1-23-12-4-2-11(3-5-12)20-7-10(6-15(20)21)16(22)18-17-13-8-25-9-14(13)19-24-17/h2-5,10H,6-9H2,1H3,(H,18,22)/t10-/m0/s1. The summed E-state index contributed by atoms with van der Waals surface area (Å²) in [5.74, 6) is 2.05. The second-order valence-corrected chi connectivity index (χ2v) is 7.01. The molecule has 1 saturated heterocycles. The van der Waals surface area contributed by atoms with Gasteiger partial charge in [0.05, 0.1) is 24.3 Å². The Bertz CT molecular complexity index is 818. The van der Waals surface area contributed by atoms with E-state index >= 15 is 0 Å². The third-order valence-electron chi connectivity index (χ3n) is 4.47. The molecular formula is C17H17N3O4S. The molecule has 0 bridgehead atoms. The zero-order valence-corrected chi connectivity index (χ0v) is 14.5. The van der Waals surface area contributed by atoms with E-state index in [-0.39, 0.29) is 18.2 Å². The summed E-state index contributed by atoms with van der Waals surface area (Å²) in [5.41, 5.74) is 2.61. The van der Waals surface area contributed by atoms with Gasteiger partial charge in [0.25, 0.3) is 0 Å². The molecule has 0 spiro atoms. The molecule has 1 N–H and O–H groups in total. The number of carbonyl (C=O) groups is 2. The molecule has 1 fully saturated rings. The van der Waals surface area contributed by atoms with Gasteiger partial charge in [0.2, 0.25) is 17.7 Å². The van der Waals surface area contributed by atoms with Crippen LogP contribution in [0.2, 0.25) is 0 Å². The molecule has 0 unspecified atom stereocenters. The highest BCUT2D eigenvalue weighted by atomic mass is 32.2. The van der Waals surface area contributed by atoms with Crippen LogP contribution < -0.4 is 15.0 Å². The van der Waals surface area contributed by atoms with Gasteiger partial charge < -0.3 is 14.2 Å². The lowest BCUT2D eigenvalue weighted by Gasteiger charge is -2.17. The van der Waals surface area contributed by atoms with Crippen LogP contribution in [-0.2, 0) is 21.1 Å². The van der Waals surface area contributed by atoms with Gasteiger partial charge in [-0.1, -0.05) is 5.16 Å². The Hall–Kier alpha value is -2.48. The van der Waals surface area contributed by atoms with Crippen molar-refractivity contribution in [3.05, 3.63) is 35.5 Å². The van der Waals surface area contributed by atoms with E-state index in [0.29, 0.717) is 12.4 Å². The highest BCUT2D eigenvalue weighted by Gasteiger charge is 2.36. The molecule has 1 aromatic heterocycles. The monoisotopic (exact) mass is 359 g/mol. The number of thioether (sulfide) groups is 1. The molecular weight excluding hydrogens is 342 g/mol. The highest BCUT2D eigenvalue weighted by Crippen LogP contribution is 2.35. The Balaban J connectivity index is 1.44. The van der Waals surface area contributed by atoms with Gasteiger partial charge in [0.15, 0.2) is 0 Å². The summed E-state index contributed by atoms with van der Waals surface area (Å²) in [4.78, 5) is 26.5. The second kappa shape index (κ2) is 6.44. The van der Waals surface area contributed by atoms with Gasteiger partial charge in [-0.05, 0) is 24.3 Å². The number of ether oxygens (including phenoxy) is 1. The predicted octanol–water partition coefficient (Wildman–Crippen LogP) is 2.42. The summed E-state index contributed by atoms with van der Waals surface area (Å²) in [6.45, 7) is 0.349. The Kier molecular flexibility index (Phi) is 4.12. The Morgan fingerprint density at radius 3 is 2.92 bits per heavy atom. The van der Waals surface area contributed by atoms with Crippen LogP contribution in [0, 0.1) is 5.92 Å². The third kappa shape index (κ3) is 2.97. The lowest BCUT2D eigenvalue weighted by Crippen LogP contribution is -2.28. The van der Waals surface area contributed by atoms with E-state index in [2.05, 4.69) is 10.5 Å². The van der Waals surface area contributed by atoms with Gasteiger partial charge in [-0.2, -0.15) is 11.8 Å². The number of methoxy groups -OCH3 is 1. The van der Waals surface area contributed by atoms with E-state index in [9.17, 15) is 9.59 Å². The SMILES string of the molecule is COc1ccc(N2C[C@@H](C(=O)Nc3onc4c3CSC4)CC2=O)cc1. The van der Waals surface area contributed by atoms with Crippen molar-refractivity contribution >= 4 is 35.1 Å². The predicted molar refractivity (Wildman–Crippen MR) is 93.6 cm³/mol. The van der Waals surface area contributed by atoms with Crippen LogP contribution >= 0.6 is 11.8 Å². The topological polar surface area (TPSA) is 84.7 Å². The van der Waals surface area contributed by atoms with Crippen molar-refractivity contribution in [2.24, 2.45) is 5.92 Å². The molecule has 1 atom stereocenters. The van der Waals surface area contributed by atoms with E-state index in [1.807, 2.05) is 12.1 Å². The molecule has 0 radical (unpaired) electrons. The molecule has 7 nitrogen and oxygen atoms in total. The van der Waals surface area contributed by atoms with E-state index in [0.717, 1.165) is 34.2 Å². The minimum Gasteiger partial charge on any atom is -0.497 e. The van der Waals surface area contributed by atoms with Crippen LogP contribution in [-0.4, -0.2) is 30.6 Å². The number of benzene rings is 1. The number of anilines is 2. The molecule has 2 aliphatic heterocycles. The average Bonchev–Trinajstić information content (AvgIpc) is 3.32. The number of nitrogens with zero attached hydrogens (tertiary/aromatic N) is 2. The van der Waals surface area contributed by atoms with Crippen molar-refractivity contribution < 1.29 is 18.8 Å². The summed E-state index contributed by atoms with van der Waals surface area (Å²) in [7, 11) is 1.59. The molecule has 8 heteroatoms. The van der Waals surface area contributed by atoms with Crippen molar-refractivity contribution in [3.8, 4) is 5.75 Å². The maximum Gasteiger partial charge on any atom is 0.235 e. The zero-order valence-electron chi connectivity index (χ0n) is 13.7. The summed E-state index contributed by atoms with van der Waals surface area (Å²) in [6.07, 6.45) is 0.183. The Morgan fingerprint density at radius 2 is 2.16 bits per heavy atom. The molecule has 4 rings (SSSR count). The fourth-order valence-corrected chi connectivity index (χ4v) is 4.09. The van der Waals surface area contributed by atoms with Gasteiger partial charge in [0, 0.05) is 30.2 Å². The number of amides is 2. The molecule has 0 aliphatic carbocycles. The van der Waals surface area contributed by atoms with Gasteiger partial charge in [0.1, 0.15) is 5.75 Å². The van der Waals surface area contributed by atoms with Crippen molar-refractivity contribution in [1.82, 2.24) is 5.16 Å². The molecule has 2 aliphatic rings. The zero-order chi connectivity index (χ0) is 17.4. The molecule has 3 heterocycles. The largest absolute Gasteiger partial charge is 0.497 e. The van der Waals surface area contributed by atoms with Crippen LogP contribution in [0.4, 0.5) is 11.6 Å². The average molecular weight is 359 g/mol. The first-order chi connectivity index (χ1) is 12.2. The molecule has 130 valence electrons. The van der Waals surface area contributed by atoms with Gasteiger partial charge in [-0.15, -0.1) is 0 Å². The first-order valence-corrected chi connectivity index (χ1v) is 9.11. The fourth-order valence-electron chi connectivity index (χ4n) is 3.06. The minimum atomic E-state index is -0.413. The fraction of sp³-hybridized carbons (Fsp3) is 0.353. The van der Waals surface area contributed by atoms with Crippen molar-refractivity contribution in [3.63, 3.8) is 0 Å². The van der Waals surface area contributed by atoms with E-state index in [4.69, 9.17) is 9.26 Å². The first-order valence-electron chi connectivity index (χ1n) is 7.96. The van der Waals surface area contributed by atoms with Crippen LogP contribution in [0.3, 0.4) is 0 Å². The Labute approximate surface area is 148 Å². The van der Waals surface area contributed by atoms with E-state index < -0.39 is 5.92 Å². The molecule has 1 aromatic carbocycles. The molecule has 25 heavy (non-hydrogen) atoms. The summed E-state index contributed by atoms with van der Waals surface area (Å²) >= 11 is 1.74. The number of hydrogen-bond donors (Lipinski definition) is 1. The number of carbonyl (C=O) groups excluding carboxylic acids is 2. The molecule has 2 aromatic rings. The van der Waals surface area contributed by atoms with Crippen LogP contribution in [0.5, 0.6) is 5.75 Å². The highest BCUT2D eigenvalue weighted by molar-refractivity contribution is 7.98. The number of rotatable bonds is 4. The molecule has 2 amide bonds. The van der Waals surface area contributed by atoms with E-state index in [1.54, 1.807) is 35.9 Å². The van der Waals surface area contributed by atoms with Gasteiger partial charge in [-0.3, -0.25) is 14.9 Å². The minimum absolute atomic E-state index is 0.0660. The summed E-state index contributed by atoms with van der Waals surface area (Å²) in [5, 5.41) is 6.77. The van der Waals surface area contributed by atoms with Crippen molar-refractivity contribution in [2.45, 2.75) is 17.9 Å². The van der Waals surface area contributed by atoms with Crippen LogP contribution in [0.15, 0.2) is 28.8 Å². The van der Waals surface area contributed by atoms with Gasteiger partial charge in [-0.25, -0.2) is 0 Å². The number of hydrogen-bond acceptors (Lipinski definition) is 6. The summed E-state index contributed by atoms with van der Waals surface area (Å²) < 4.78 is 10.4. The number of aromatic nitrogens is 1. The van der Waals surface area contributed by atoms with Gasteiger partial charge >= 0.3 is 0 Å². The quantitative estimate of drug-likeness (QED) is 0.902. The number of nitrogens with one attached hydrogen (secondary N) is 1. The number of fused-ring (bicyclic) bond motifs is 1. The first kappa shape index (κ1) is 16.0. The van der Waals surface area contributed by atoms with E-state index in [1.165, 1.54) is 0 Å². The van der Waals surface area contributed by atoms with Crippen LogP contribution in [0.25, 0.3) is 0 Å². The lowest BCUT2D eigenvalue weighted by molar-refractivity contribution is -0.122. The molecule has 0 saturated carbocycles. The van der Waals surface area contributed by atoms with Crippen molar-refractivity contribution in [2.75, 3.05) is 23.9 Å². The summed E-state index contributed by atoms with van der Waals surface area (Å²) in [6, 6.07) is 7.23. The Morgan fingerprint density at radius 1 is 1.36 bits per heavy atom. The normalized spacial score (nSPS) is 19.2. The third-order valence-corrected chi connectivity index (χ3v) is 5.44. The maximum atomic E-state index is 12.5. The van der Waals surface area contributed by atoms with Crippen molar-refractivity contribution in [1.29, 1.82) is 0 Å². The maximum absolute atomic E-state index is 12.5. The van der Waals surface area contributed by atoms with Crippen LogP contribution in [0.1, 0.15) is 17.7 Å². The second-order valence-electron chi connectivity index (χ2n) is 6.02.